The second-order valence-electron chi connectivity index (χ2n) is 4.26. The quantitative estimate of drug-likeness (QED) is 0.501. The van der Waals surface area contributed by atoms with Crippen molar-refractivity contribution >= 4 is 29.0 Å². The van der Waals surface area contributed by atoms with Gasteiger partial charge in [0.05, 0.1) is 17.7 Å². The Balaban J connectivity index is 2.14. The van der Waals surface area contributed by atoms with Gasteiger partial charge in [-0.3, -0.25) is 19.7 Å². The van der Waals surface area contributed by atoms with Crippen LogP contribution in [0.5, 0.6) is 5.75 Å². The van der Waals surface area contributed by atoms with Crippen molar-refractivity contribution in [1.29, 1.82) is 0 Å². The average Bonchev–Trinajstić information content (AvgIpc) is 2.55. The van der Waals surface area contributed by atoms with E-state index in [0.29, 0.717) is 0 Å². The minimum absolute atomic E-state index is 0.0165. The third-order valence-corrected chi connectivity index (χ3v) is 2.75. The highest BCUT2D eigenvalue weighted by Gasteiger charge is 2.18. The van der Waals surface area contributed by atoms with E-state index < -0.39 is 16.7 Å². The molecule has 2 amide bonds. The second-order valence-corrected chi connectivity index (χ2v) is 4.26. The van der Waals surface area contributed by atoms with Crippen LogP contribution in [0.2, 0.25) is 0 Å². The molecule has 2 N–H and O–H groups in total. The fourth-order valence-electron chi connectivity index (χ4n) is 1.70. The van der Waals surface area contributed by atoms with E-state index >= 15 is 0 Å². The first-order valence-corrected chi connectivity index (χ1v) is 6.37. The van der Waals surface area contributed by atoms with Gasteiger partial charge in [-0.15, -0.1) is 0 Å². The van der Waals surface area contributed by atoms with Crippen molar-refractivity contribution in [2.45, 2.75) is 0 Å². The number of nitro benzene ring substituents is 1. The summed E-state index contributed by atoms with van der Waals surface area (Å²) in [7, 11) is 1.34. The molecule has 9 nitrogen and oxygen atoms in total. The molecule has 0 aliphatic heterocycles. The van der Waals surface area contributed by atoms with Crippen LogP contribution in [0.1, 0.15) is 0 Å². The van der Waals surface area contributed by atoms with Gasteiger partial charge in [-0.25, -0.2) is 4.98 Å². The van der Waals surface area contributed by atoms with Gasteiger partial charge in [0, 0.05) is 18.3 Å². The topological polar surface area (TPSA) is 123 Å². The molecule has 1 heterocycles. The number of pyridine rings is 1. The first-order valence-electron chi connectivity index (χ1n) is 6.37. The zero-order chi connectivity index (χ0) is 16.8. The number of hydrogen-bond donors (Lipinski definition) is 2. The maximum absolute atomic E-state index is 11.9. The number of nitrogens with zero attached hydrogens (tertiary/aromatic N) is 2. The Bertz CT molecular complexity index is 748. The van der Waals surface area contributed by atoms with E-state index in [2.05, 4.69) is 15.6 Å². The molecule has 2 aromatic rings. The fraction of sp³-hybridized carbons (Fsp3) is 0.0714. The summed E-state index contributed by atoms with van der Waals surface area (Å²) in [5, 5.41) is 15.3. The summed E-state index contributed by atoms with van der Waals surface area (Å²) in [6, 6.07) is 8.46. The van der Waals surface area contributed by atoms with Crippen molar-refractivity contribution in [2.24, 2.45) is 0 Å². The van der Waals surface area contributed by atoms with E-state index in [1.54, 1.807) is 12.1 Å². The van der Waals surface area contributed by atoms with E-state index in [0.717, 1.165) is 6.07 Å². The van der Waals surface area contributed by atoms with Crippen LogP contribution in [0.3, 0.4) is 0 Å². The molecule has 1 aromatic carbocycles. The van der Waals surface area contributed by atoms with Gasteiger partial charge < -0.3 is 15.4 Å². The fourth-order valence-corrected chi connectivity index (χ4v) is 1.70. The summed E-state index contributed by atoms with van der Waals surface area (Å²) in [5.41, 5.74) is -0.228. The van der Waals surface area contributed by atoms with Crippen LogP contribution in [0.25, 0.3) is 0 Å². The monoisotopic (exact) mass is 316 g/mol. The van der Waals surface area contributed by atoms with Gasteiger partial charge in [0.15, 0.2) is 0 Å². The van der Waals surface area contributed by atoms with Crippen molar-refractivity contribution in [3.63, 3.8) is 0 Å². The van der Waals surface area contributed by atoms with E-state index in [9.17, 15) is 19.7 Å². The van der Waals surface area contributed by atoms with Crippen molar-refractivity contribution in [3.8, 4) is 5.75 Å². The van der Waals surface area contributed by atoms with Crippen LogP contribution in [0.15, 0.2) is 42.6 Å². The SMILES string of the molecule is COc1ccc([N+](=O)[O-])cc1NC(=O)C(=O)Nc1ccccn1. The number of amides is 2. The third-order valence-electron chi connectivity index (χ3n) is 2.75. The Hall–Kier alpha value is -3.49. The van der Waals surface area contributed by atoms with Crippen LogP contribution in [0, 0.1) is 10.1 Å². The van der Waals surface area contributed by atoms with Gasteiger partial charge in [-0.2, -0.15) is 0 Å². The Labute approximate surface area is 130 Å². The molecule has 2 rings (SSSR count). The highest BCUT2D eigenvalue weighted by atomic mass is 16.6. The number of ether oxygens (including phenoxy) is 1. The van der Waals surface area contributed by atoms with Crippen molar-refractivity contribution in [2.75, 3.05) is 17.7 Å². The summed E-state index contributed by atoms with van der Waals surface area (Å²) < 4.78 is 5.00. The molecule has 1 aromatic heterocycles. The van der Waals surface area contributed by atoms with E-state index in [4.69, 9.17) is 4.74 Å². The summed E-state index contributed by atoms with van der Waals surface area (Å²) in [5.74, 6) is -1.57. The minimum Gasteiger partial charge on any atom is -0.495 e. The Morgan fingerprint density at radius 2 is 1.91 bits per heavy atom. The summed E-state index contributed by atoms with van der Waals surface area (Å²) in [6.07, 6.45) is 1.46. The smallest absolute Gasteiger partial charge is 0.315 e. The molecular formula is C14H12N4O5. The Kier molecular flexibility index (Phi) is 4.82. The number of anilines is 2. The van der Waals surface area contributed by atoms with E-state index in [1.165, 1.54) is 31.5 Å². The van der Waals surface area contributed by atoms with E-state index in [-0.39, 0.29) is 22.9 Å². The molecular weight excluding hydrogens is 304 g/mol. The van der Waals surface area contributed by atoms with Crippen LogP contribution >= 0.6 is 0 Å². The van der Waals surface area contributed by atoms with Crippen molar-refractivity contribution in [1.82, 2.24) is 4.98 Å². The molecule has 0 spiro atoms. The van der Waals surface area contributed by atoms with Gasteiger partial charge in [-0.05, 0) is 18.2 Å². The maximum atomic E-state index is 11.9. The van der Waals surface area contributed by atoms with Gasteiger partial charge in [0.25, 0.3) is 5.69 Å². The zero-order valence-electron chi connectivity index (χ0n) is 12.0. The molecule has 0 saturated carbocycles. The lowest BCUT2D eigenvalue weighted by Gasteiger charge is -2.09. The number of carbonyl (C=O) groups excluding carboxylic acids is 2. The molecule has 0 aliphatic carbocycles. The molecule has 9 heteroatoms. The number of benzene rings is 1. The molecule has 0 fully saturated rings. The normalized spacial score (nSPS) is 9.78. The van der Waals surface area contributed by atoms with Gasteiger partial charge in [-0.1, -0.05) is 6.07 Å². The molecule has 0 atom stereocenters. The average molecular weight is 316 g/mol. The summed E-state index contributed by atoms with van der Waals surface area (Å²) >= 11 is 0. The third kappa shape index (κ3) is 4.00. The van der Waals surface area contributed by atoms with Crippen LogP contribution in [-0.2, 0) is 9.59 Å². The van der Waals surface area contributed by atoms with Gasteiger partial charge in [0.2, 0.25) is 0 Å². The number of hydrogen-bond acceptors (Lipinski definition) is 6. The number of non-ortho nitro benzene ring substituents is 1. The number of carbonyl (C=O) groups is 2. The molecule has 0 aliphatic rings. The highest BCUT2D eigenvalue weighted by molar-refractivity contribution is 6.43. The summed E-state index contributed by atoms with van der Waals surface area (Å²) in [6.45, 7) is 0. The number of nitrogens with one attached hydrogen (secondary N) is 2. The predicted octanol–water partition coefficient (Wildman–Crippen LogP) is 1.58. The van der Waals surface area contributed by atoms with Crippen LogP contribution in [-0.4, -0.2) is 28.8 Å². The standard InChI is InChI=1S/C14H12N4O5/c1-23-11-6-5-9(18(21)22)8-10(11)16-13(19)14(20)17-12-4-2-3-7-15-12/h2-8H,1H3,(H,16,19)(H,15,17,20). The molecule has 0 saturated heterocycles. The Morgan fingerprint density at radius 1 is 1.17 bits per heavy atom. The van der Waals surface area contributed by atoms with Crippen molar-refractivity contribution < 1.29 is 19.2 Å². The molecule has 0 bridgehead atoms. The molecule has 0 unspecified atom stereocenters. The predicted molar refractivity (Wildman–Crippen MR) is 81.1 cm³/mol. The largest absolute Gasteiger partial charge is 0.495 e. The van der Waals surface area contributed by atoms with E-state index in [1.807, 2.05) is 0 Å². The number of aromatic nitrogens is 1. The molecule has 118 valence electrons. The zero-order valence-corrected chi connectivity index (χ0v) is 12.0. The first kappa shape index (κ1) is 15.9. The minimum atomic E-state index is -1.01. The van der Waals surface area contributed by atoms with Crippen molar-refractivity contribution in [3.05, 3.63) is 52.7 Å². The van der Waals surface area contributed by atoms with Crippen LogP contribution < -0.4 is 15.4 Å². The maximum Gasteiger partial charge on any atom is 0.315 e. The Morgan fingerprint density at radius 3 is 2.52 bits per heavy atom. The molecule has 0 radical (unpaired) electrons. The summed E-state index contributed by atoms with van der Waals surface area (Å²) in [4.78, 5) is 37.7. The lowest BCUT2D eigenvalue weighted by molar-refractivity contribution is -0.384. The van der Waals surface area contributed by atoms with Gasteiger partial charge in [0.1, 0.15) is 11.6 Å². The number of nitro groups is 1. The lowest BCUT2D eigenvalue weighted by Crippen LogP contribution is -2.29. The first-order chi connectivity index (χ1) is 11.0. The second kappa shape index (κ2) is 6.98. The number of rotatable bonds is 4. The van der Waals surface area contributed by atoms with Gasteiger partial charge >= 0.3 is 11.8 Å². The highest BCUT2D eigenvalue weighted by Crippen LogP contribution is 2.28. The molecule has 23 heavy (non-hydrogen) atoms. The lowest BCUT2D eigenvalue weighted by atomic mass is 10.2. The van der Waals surface area contributed by atoms with Crippen LogP contribution in [0.4, 0.5) is 17.2 Å². The number of methoxy groups -OCH3 is 1.